The molecular formula is C19H18N4O5S. The zero-order valence-corrected chi connectivity index (χ0v) is 16.6. The number of hydrogen-bond acceptors (Lipinski definition) is 8. The van der Waals surface area contributed by atoms with Crippen LogP contribution < -0.4 is 4.74 Å². The van der Waals surface area contributed by atoms with Crippen LogP contribution in [0.15, 0.2) is 58.8 Å². The van der Waals surface area contributed by atoms with Crippen LogP contribution in [0.25, 0.3) is 0 Å². The lowest BCUT2D eigenvalue weighted by molar-refractivity contribution is -0.387. The Morgan fingerprint density at radius 2 is 2.07 bits per heavy atom. The smallest absolute Gasteiger partial charge is 0.338 e. The number of aromatic nitrogens is 3. The van der Waals surface area contributed by atoms with Crippen molar-refractivity contribution in [2.75, 3.05) is 6.61 Å². The predicted octanol–water partition coefficient (Wildman–Crippen LogP) is 3.63. The van der Waals surface area contributed by atoms with Crippen LogP contribution in [0.2, 0.25) is 0 Å². The Morgan fingerprint density at radius 1 is 1.28 bits per heavy atom. The van der Waals surface area contributed by atoms with E-state index in [2.05, 4.69) is 10.2 Å². The molecule has 0 spiro atoms. The fourth-order valence-corrected chi connectivity index (χ4v) is 3.33. The van der Waals surface area contributed by atoms with Gasteiger partial charge in [-0.15, -0.1) is 10.2 Å². The Kier molecular flexibility index (Phi) is 6.45. The molecule has 1 heterocycles. The van der Waals surface area contributed by atoms with Crippen LogP contribution >= 0.6 is 11.8 Å². The van der Waals surface area contributed by atoms with Crippen molar-refractivity contribution in [3.63, 3.8) is 0 Å². The van der Waals surface area contributed by atoms with E-state index in [1.54, 1.807) is 23.7 Å². The number of carbonyl (C=O) groups excluding carboxylic acids is 1. The van der Waals surface area contributed by atoms with Crippen LogP contribution in [0, 0.1) is 10.1 Å². The number of hydrogen-bond donors (Lipinski definition) is 0. The highest BCUT2D eigenvalue weighted by molar-refractivity contribution is 7.99. The number of nitro benzene ring substituents is 1. The number of nitrogens with zero attached hydrogens (tertiary/aromatic N) is 4. The zero-order chi connectivity index (χ0) is 20.8. The standard InChI is InChI=1S/C19H18N4O5S/c1-3-27-16-7-5-4-6-14(16)11-28-18(24)13-8-9-17(15(10-13)23(25)26)29-19-21-20-12-22(19)2/h4-10,12H,3,11H2,1-2H3. The van der Waals surface area contributed by atoms with Gasteiger partial charge < -0.3 is 14.0 Å². The van der Waals surface area contributed by atoms with Gasteiger partial charge in [-0.05, 0) is 36.9 Å². The first-order chi connectivity index (χ1) is 14.0. The topological polar surface area (TPSA) is 109 Å². The summed E-state index contributed by atoms with van der Waals surface area (Å²) in [6.45, 7) is 2.35. The molecule has 0 atom stereocenters. The first-order valence-corrected chi connectivity index (χ1v) is 9.49. The van der Waals surface area contributed by atoms with Crippen LogP contribution in [0.5, 0.6) is 5.75 Å². The largest absolute Gasteiger partial charge is 0.493 e. The maximum absolute atomic E-state index is 12.4. The van der Waals surface area contributed by atoms with Gasteiger partial charge in [0.1, 0.15) is 18.7 Å². The third-order valence-electron chi connectivity index (χ3n) is 3.89. The normalized spacial score (nSPS) is 10.6. The van der Waals surface area contributed by atoms with E-state index in [4.69, 9.17) is 9.47 Å². The second-order valence-corrected chi connectivity index (χ2v) is 6.89. The Bertz CT molecular complexity index is 1040. The highest BCUT2D eigenvalue weighted by Crippen LogP contribution is 2.34. The van der Waals surface area contributed by atoms with Gasteiger partial charge in [-0.3, -0.25) is 10.1 Å². The zero-order valence-electron chi connectivity index (χ0n) is 15.8. The van der Waals surface area contributed by atoms with E-state index >= 15 is 0 Å². The van der Waals surface area contributed by atoms with Crippen molar-refractivity contribution in [2.24, 2.45) is 7.05 Å². The number of ether oxygens (including phenoxy) is 2. The van der Waals surface area contributed by atoms with Crippen LogP contribution in [0.1, 0.15) is 22.8 Å². The molecule has 0 aliphatic carbocycles. The molecule has 3 aromatic rings. The monoisotopic (exact) mass is 414 g/mol. The number of para-hydroxylation sites is 1. The lowest BCUT2D eigenvalue weighted by Crippen LogP contribution is -2.07. The van der Waals surface area contributed by atoms with E-state index in [9.17, 15) is 14.9 Å². The molecule has 0 amide bonds. The Balaban J connectivity index is 1.76. The van der Waals surface area contributed by atoms with Crippen LogP contribution in [0.3, 0.4) is 0 Å². The average Bonchev–Trinajstić information content (AvgIpc) is 3.12. The van der Waals surface area contributed by atoms with Crippen molar-refractivity contribution in [3.05, 3.63) is 70.0 Å². The second kappa shape index (κ2) is 9.20. The summed E-state index contributed by atoms with van der Waals surface area (Å²) in [5.74, 6) is -0.0289. The summed E-state index contributed by atoms with van der Waals surface area (Å²) in [6, 6.07) is 11.4. The first kappa shape index (κ1) is 20.3. The van der Waals surface area contributed by atoms with Crippen LogP contribution in [-0.2, 0) is 18.4 Å². The number of rotatable bonds is 8. The molecule has 3 rings (SSSR count). The van der Waals surface area contributed by atoms with E-state index in [-0.39, 0.29) is 17.9 Å². The maximum Gasteiger partial charge on any atom is 0.338 e. The molecule has 0 fully saturated rings. The van der Waals surface area contributed by atoms with Gasteiger partial charge in [0.15, 0.2) is 5.16 Å². The van der Waals surface area contributed by atoms with Gasteiger partial charge in [-0.2, -0.15) is 0 Å². The maximum atomic E-state index is 12.4. The molecule has 150 valence electrons. The summed E-state index contributed by atoms with van der Waals surface area (Å²) in [6.07, 6.45) is 1.50. The van der Waals surface area contributed by atoms with Gasteiger partial charge in [0.25, 0.3) is 5.69 Å². The highest BCUT2D eigenvalue weighted by Gasteiger charge is 2.21. The minimum Gasteiger partial charge on any atom is -0.493 e. The Labute approximate surface area is 170 Å². The number of carbonyl (C=O) groups is 1. The summed E-state index contributed by atoms with van der Waals surface area (Å²) in [5.41, 5.74) is 0.599. The summed E-state index contributed by atoms with van der Waals surface area (Å²) in [7, 11) is 1.74. The molecule has 2 aromatic carbocycles. The lowest BCUT2D eigenvalue weighted by atomic mass is 10.2. The molecule has 0 aliphatic heterocycles. The number of esters is 1. The SMILES string of the molecule is CCOc1ccccc1COC(=O)c1ccc(Sc2nncn2C)c([N+](=O)[O-])c1. The van der Waals surface area contributed by atoms with E-state index in [0.29, 0.717) is 28.0 Å². The third kappa shape index (κ3) is 4.91. The Hall–Kier alpha value is -3.40. The van der Waals surface area contributed by atoms with Crippen molar-refractivity contribution in [2.45, 2.75) is 23.6 Å². The number of aryl methyl sites for hydroxylation is 1. The average molecular weight is 414 g/mol. The van der Waals surface area contributed by atoms with Gasteiger partial charge >= 0.3 is 5.97 Å². The molecule has 0 N–H and O–H groups in total. The molecule has 9 nitrogen and oxygen atoms in total. The number of benzene rings is 2. The predicted molar refractivity (Wildman–Crippen MR) is 105 cm³/mol. The summed E-state index contributed by atoms with van der Waals surface area (Å²) in [5, 5.41) is 19.6. The second-order valence-electron chi connectivity index (χ2n) is 5.88. The molecule has 29 heavy (non-hydrogen) atoms. The molecule has 0 bridgehead atoms. The van der Waals surface area contributed by atoms with E-state index in [1.165, 1.54) is 24.5 Å². The minimum absolute atomic E-state index is 0.00174. The molecule has 0 radical (unpaired) electrons. The van der Waals surface area contributed by atoms with E-state index < -0.39 is 10.9 Å². The van der Waals surface area contributed by atoms with Crippen molar-refractivity contribution in [3.8, 4) is 5.75 Å². The molecular weight excluding hydrogens is 396 g/mol. The quantitative estimate of drug-likeness (QED) is 0.312. The first-order valence-electron chi connectivity index (χ1n) is 8.67. The molecule has 1 aromatic heterocycles. The van der Waals surface area contributed by atoms with Crippen molar-refractivity contribution < 1.29 is 19.2 Å². The van der Waals surface area contributed by atoms with Gasteiger partial charge in [0.05, 0.1) is 22.0 Å². The Morgan fingerprint density at radius 3 is 2.76 bits per heavy atom. The van der Waals surface area contributed by atoms with Gasteiger partial charge in [0, 0.05) is 18.7 Å². The molecule has 10 heteroatoms. The highest BCUT2D eigenvalue weighted by atomic mass is 32.2. The van der Waals surface area contributed by atoms with Gasteiger partial charge in [-0.1, -0.05) is 18.2 Å². The van der Waals surface area contributed by atoms with Crippen molar-refractivity contribution in [1.29, 1.82) is 0 Å². The molecule has 0 saturated heterocycles. The molecule has 0 aliphatic rings. The van der Waals surface area contributed by atoms with E-state index in [1.807, 2.05) is 19.1 Å². The molecule has 0 saturated carbocycles. The van der Waals surface area contributed by atoms with Crippen molar-refractivity contribution in [1.82, 2.24) is 14.8 Å². The summed E-state index contributed by atoms with van der Waals surface area (Å²) in [4.78, 5) is 23.7. The minimum atomic E-state index is -0.658. The van der Waals surface area contributed by atoms with Crippen LogP contribution in [0.4, 0.5) is 5.69 Å². The lowest BCUT2D eigenvalue weighted by Gasteiger charge is -2.11. The van der Waals surface area contributed by atoms with Gasteiger partial charge in [-0.25, -0.2) is 4.79 Å². The van der Waals surface area contributed by atoms with Crippen LogP contribution in [-0.4, -0.2) is 32.3 Å². The third-order valence-corrected chi connectivity index (χ3v) is 5.01. The molecule has 0 unspecified atom stereocenters. The summed E-state index contributed by atoms with van der Waals surface area (Å²) < 4.78 is 12.5. The number of nitro groups is 1. The fraction of sp³-hybridized carbons (Fsp3) is 0.211. The summed E-state index contributed by atoms with van der Waals surface area (Å²) >= 11 is 1.09. The fourth-order valence-electron chi connectivity index (χ4n) is 2.48. The van der Waals surface area contributed by atoms with Crippen molar-refractivity contribution >= 4 is 23.4 Å². The van der Waals surface area contributed by atoms with Gasteiger partial charge in [0.2, 0.25) is 0 Å². The van der Waals surface area contributed by atoms with E-state index in [0.717, 1.165) is 11.8 Å².